The van der Waals surface area contributed by atoms with E-state index in [0.717, 1.165) is 0 Å². The van der Waals surface area contributed by atoms with E-state index in [0.29, 0.717) is 16.5 Å². The van der Waals surface area contributed by atoms with Crippen molar-refractivity contribution in [3.8, 4) is 5.75 Å². The summed E-state index contributed by atoms with van der Waals surface area (Å²) in [6.07, 6.45) is -1.08. The molecule has 1 atom stereocenters. The van der Waals surface area contributed by atoms with Gasteiger partial charge >= 0.3 is 5.97 Å². The van der Waals surface area contributed by atoms with Gasteiger partial charge in [-0.05, 0) is 55.5 Å². The summed E-state index contributed by atoms with van der Waals surface area (Å²) in [6.45, 7) is 1.02. The number of carbonyl (C=O) groups is 2. The van der Waals surface area contributed by atoms with E-state index in [1.54, 1.807) is 24.3 Å². The van der Waals surface area contributed by atoms with Crippen LogP contribution in [0.5, 0.6) is 5.75 Å². The molecule has 0 saturated heterocycles. The maximum Gasteiger partial charge on any atom is 0.344 e. The van der Waals surface area contributed by atoms with Crippen LogP contribution >= 0.6 is 11.6 Å². The lowest BCUT2D eigenvalue weighted by Gasteiger charge is -2.14. The van der Waals surface area contributed by atoms with Crippen LogP contribution in [0, 0.1) is 0 Å². The van der Waals surface area contributed by atoms with Crippen LogP contribution in [0.3, 0.4) is 0 Å². The molecule has 2 rings (SSSR count). The lowest BCUT2D eigenvalue weighted by Crippen LogP contribution is -2.31. The number of esters is 1. The number of amides is 1. The van der Waals surface area contributed by atoms with Gasteiger partial charge in [0.15, 0.2) is 12.7 Å². The van der Waals surface area contributed by atoms with Gasteiger partial charge in [0.05, 0.1) is 4.90 Å². The Kier molecular flexibility index (Phi) is 6.78. The van der Waals surface area contributed by atoms with E-state index in [1.807, 2.05) is 0 Å². The van der Waals surface area contributed by atoms with Crippen LogP contribution in [0.2, 0.25) is 5.02 Å². The summed E-state index contributed by atoms with van der Waals surface area (Å²) in [7, 11) is -3.82. The van der Waals surface area contributed by atoms with Crippen LogP contribution in [0.4, 0.5) is 5.69 Å². The van der Waals surface area contributed by atoms with Gasteiger partial charge in [-0.3, -0.25) is 4.79 Å². The Hall–Kier alpha value is -2.62. The molecule has 144 valence electrons. The molecular formula is C17H17ClN2O6S. The molecule has 10 heteroatoms. The number of benzene rings is 2. The number of nitrogens with one attached hydrogen (secondary N) is 1. The number of rotatable bonds is 7. The summed E-state index contributed by atoms with van der Waals surface area (Å²) in [5.74, 6) is -0.876. The number of anilines is 1. The molecule has 0 aromatic heterocycles. The number of hydrogen-bond acceptors (Lipinski definition) is 6. The van der Waals surface area contributed by atoms with E-state index in [4.69, 9.17) is 26.2 Å². The van der Waals surface area contributed by atoms with Gasteiger partial charge in [-0.1, -0.05) is 11.6 Å². The first-order chi connectivity index (χ1) is 12.6. The second-order valence-electron chi connectivity index (χ2n) is 5.43. The van der Waals surface area contributed by atoms with Gasteiger partial charge in [0.1, 0.15) is 5.75 Å². The molecule has 1 amide bonds. The van der Waals surface area contributed by atoms with Crippen molar-refractivity contribution in [2.24, 2.45) is 5.14 Å². The minimum atomic E-state index is -3.82. The fraction of sp³-hybridized carbons (Fsp3) is 0.176. The molecule has 0 heterocycles. The third-order valence-electron chi connectivity index (χ3n) is 3.30. The first-order valence-corrected chi connectivity index (χ1v) is 9.59. The second kappa shape index (κ2) is 8.85. The van der Waals surface area contributed by atoms with Crippen molar-refractivity contribution in [3.63, 3.8) is 0 Å². The zero-order valence-electron chi connectivity index (χ0n) is 14.2. The van der Waals surface area contributed by atoms with Crippen LogP contribution in [0.15, 0.2) is 53.4 Å². The average molecular weight is 413 g/mol. The van der Waals surface area contributed by atoms with Crippen molar-refractivity contribution in [3.05, 3.63) is 53.6 Å². The van der Waals surface area contributed by atoms with E-state index < -0.39 is 28.0 Å². The Labute approximate surface area is 161 Å². The summed E-state index contributed by atoms with van der Waals surface area (Å²) in [5, 5.41) is 8.03. The number of hydrogen-bond donors (Lipinski definition) is 2. The molecule has 0 aliphatic heterocycles. The molecule has 0 bridgehead atoms. The van der Waals surface area contributed by atoms with Crippen molar-refractivity contribution in [1.29, 1.82) is 0 Å². The highest BCUT2D eigenvalue weighted by Gasteiger charge is 2.18. The van der Waals surface area contributed by atoms with Crippen molar-refractivity contribution < 1.29 is 27.5 Å². The lowest BCUT2D eigenvalue weighted by atomic mass is 10.3. The Morgan fingerprint density at radius 2 is 1.70 bits per heavy atom. The molecule has 2 aromatic rings. The van der Waals surface area contributed by atoms with Crippen molar-refractivity contribution >= 4 is 39.2 Å². The fourth-order valence-electron chi connectivity index (χ4n) is 1.93. The third kappa shape index (κ3) is 6.55. The van der Waals surface area contributed by atoms with E-state index in [9.17, 15) is 18.0 Å². The SMILES string of the molecule is C[C@@H](OC(=O)COc1ccc(Cl)cc1)C(=O)Nc1ccc(S(N)(=O)=O)cc1. The minimum Gasteiger partial charge on any atom is -0.482 e. The summed E-state index contributed by atoms with van der Waals surface area (Å²) < 4.78 is 32.6. The summed E-state index contributed by atoms with van der Waals surface area (Å²) in [4.78, 5) is 23.7. The molecule has 2 aromatic carbocycles. The molecule has 0 radical (unpaired) electrons. The Morgan fingerprint density at radius 1 is 1.11 bits per heavy atom. The lowest BCUT2D eigenvalue weighted by molar-refractivity contribution is -0.155. The summed E-state index contributed by atoms with van der Waals surface area (Å²) in [6, 6.07) is 11.7. The van der Waals surface area contributed by atoms with Crippen molar-refractivity contribution in [1.82, 2.24) is 0 Å². The molecule has 0 saturated carbocycles. The average Bonchev–Trinajstić information content (AvgIpc) is 2.61. The molecular weight excluding hydrogens is 396 g/mol. The van der Waals surface area contributed by atoms with Crippen LogP contribution in [0.25, 0.3) is 0 Å². The first kappa shape index (κ1) is 20.7. The topological polar surface area (TPSA) is 125 Å². The number of ether oxygens (including phenoxy) is 2. The second-order valence-corrected chi connectivity index (χ2v) is 7.43. The predicted molar refractivity (Wildman–Crippen MR) is 98.9 cm³/mol. The van der Waals surface area contributed by atoms with Crippen LogP contribution in [0.1, 0.15) is 6.92 Å². The smallest absolute Gasteiger partial charge is 0.344 e. The maximum absolute atomic E-state index is 12.1. The highest BCUT2D eigenvalue weighted by Crippen LogP contribution is 2.16. The molecule has 8 nitrogen and oxygen atoms in total. The van der Waals surface area contributed by atoms with Gasteiger partial charge < -0.3 is 14.8 Å². The van der Waals surface area contributed by atoms with E-state index >= 15 is 0 Å². The summed E-state index contributed by atoms with van der Waals surface area (Å²) >= 11 is 5.75. The highest BCUT2D eigenvalue weighted by molar-refractivity contribution is 7.89. The maximum atomic E-state index is 12.1. The number of nitrogens with two attached hydrogens (primary N) is 1. The number of halogens is 1. The van der Waals surface area contributed by atoms with Crippen LogP contribution in [-0.4, -0.2) is 33.0 Å². The third-order valence-corrected chi connectivity index (χ3v) is 4.48. The number of primary sulfonamides is 1. The zero-order chi connectivity index (χ0) is 20.0. The predicted octanol–water partition coefficient (Wildman–Crippen LogP) is 1.94. The molecule has 0 aliphatic carbocycles. The van der Waals surface area contributed by atoms with Crippen LogP contribution < -0.4 is 15.2 Å². The molecule has 0 spiro atoms. The quantitative estimate of drug-likeness (QED) is 0.669. The molecule has 27 heavy (non-hydrogen) atoms. The standard InChI is InChI=1S/C17H17ClN2O6S/c1-11(26-16(21)10-25-14-6-2-12(18)3-7-14)17(22)20-13-4-8-15(9-5-13)27(19,23)24/h2-9,11H,10H2,1H3,(H,20,22)(H2,19,23,24)/t11-/m1/s1. The Morgan fingerprint density at radius 3 is 2.26 bits per heavy atom. The van der Waals surface area contributed by atoms with Gasteiger partial charge in [0.25, 0.3) is 5.91 Å². The highest BCUT2D eigenvalue weighted by atomic mass is 35.5. The molecule has 0 unspecified atom stereocenters. The van der Waals surface area contributed by atoms with Crippen molar-refractivity contribution in [2.75, 3.05) is 11.9 Å². The number of sulfonamides is 1. The van der Waals surface area contributed by atoms with Gasteiger partial charge in [-0.25, -0.2) is 18.4 Å². The fourth-order valence-corrected chi connectivity index (χ4v) is 2.57. The van der Waals surface area contributed by atoms with Gasteiger partial charge in [-0.2, -0.15) is 0 Å². The zero-order valence-corrected chi connectivity index (χ0v) is 15.8. The van der Waals surface area contributed by atoms with E-state index in [-0.39, 0.29) is 11.5 Å². The van der Waals surface area contributed by atoms with Gasteiger partial charge in [-0.15, -0.1) is 0 Å². The largest absolute Gasteiger partial charge is 0.482 e. The first-order valence-electron chi connectivity index (χ1n) is 7.67. The Balaban J connectivity index is 1.83. The van der Waals surface area contributed by atoms with Crippen molar-refractivity contribution in [2.45, 2.75) is 17.9 Å². The summed E-state index contributed by atoms with van der Waals surface area (Å²) in [5.41, 5.74) is 0.327. The molecule has 0 fully saturated rings. The van der Waals surface area contributed by atoms with E-state index in [2.05, 4.69) is 5.32 Å². The number of carbonyl (C=O) groups excluding carboxylic acids is 2. The minimum absolute atomic E-state index is 0.0840. The molecule has 3 N–H and O–H groups in total. The Bertz CT molecular complexity index is 913. The normalized spacial score (nSPS) is 12.1. The van der Waals surface area contributed by atoms with Crippen LogP contribution in [-0.2, 0) is 24.3 Å². The van der Waals surface area contributed by atoms with E-state index in [1.165, 1.54) is 31.2 Å². The molecule has 0 aliphatic rings. The van der Waals surface area contributed by atoms with Gasteiger partial charge in [0, 0.05) is 10.7 Å². The monoisotopic (exact) mass is 412 g/mol. The van der Waals surface area contributed by atoms with Gasteiger partial charge in [0.2, 0.25) is 10.0 Å².